The maximum absolute atomic E-state index is 4.15. The van der Waals surface area contributed by atoms with Crippen LogP contribution in [0.5, 0.6) is 0 Å². The molecule has 0 aliphatic rings. The molecule has 1 N–H and O–H groups in total. The molecule has 1 rings (SSSR count). The third kappa shape index (κ3) is 2.08. The zero-order valence-electron chi connectivity index (χ0n) is 6.83. The Hall–Kier alpha value is -1.31. The summed E-state index contributed by atoms with van der Waals surface area (Å²) < 4.78 is 0. The monoisotopic (exact) mass is 150 g/mol. The third-order valence-corrected chi connectivity index (χ3v) is 1.40. The van der Waals surface area contributed by atoms with E-state index in [-0.39, 0.29) is 1.43 Å². The second-order valence-electron chi connectivity index (χ2n) is 2.31. The Labute approximate surface area is 68.5 Å². The van der Waals surface area contributed by atoms with Gasteiger partial charge in [-0.2, -0.15) is 0 Å². The molecule has 0 aliphatic heterocycles. The fraction of sp³-hybridized carbons (Fsp3) is 0.222. The van der Waals surface area contributed by atoms with Crippen LogP contribution in [0, 0.1) is 6.92 Å². The van der Waals surface area contributed by atoms with Crippen molar-refractivity contribution in [2.45, 2.75) is 13.8 Å². The van der Waals surface area contributed by atoms with Gasteiger partial charge < -0.3 is 5.32 Å². The minimum atomic E-state index is 0. The minimum absolute atomic E-state index is 0. The van der Waals surface area contributed by atoms with Crippen molar-refractivity contribution in [3.63, 3.8) is 0 Å². The number of hydrogen-bond donors (Lipinski definition) is 1. The van der Waals surface area contributed by atoms with Crippen LogP contribution in [0.25, 0.3) is 0 Å². The third-order valence-electron chi connectivity index (χ3n) is 1.40. The molecule has 0 amide bonds. The van der Waals surface area contributed by atoms with Crippen LogP contribution < -0.4 is 5.32 Å². The van der Waals surface area contributed by atoms with Crippen LogP contribution in [0.4, 0.5) is 5.82 Å². The Bertz CT molecular complexity index is 258. The average Bonchev–Trinajstić information content (AvgIpc) is 2.03. The largest absolute Gasteiger partial charge is 0.347 e. The Morgan fingerprint density at radius 3 is 3.09 bits per heavy atom. The maximum atomic E-state index is 4.15. The molecule has 0 bridgehead atoms. The lowest BCUT2D eigenvalue weighted by Crippen LogP contribution is -1.92. The smallest absolute Gasteiger partial charge is 0.132 e. The van der Waals surface area contributed by atoms with Gasteiger partial charge in [-0.3, -0.25) is 0 Å². The molecule has 1 aromatic rings. The van der Waals surface area contributed by atoms with Crippen molar-refractivity contribution in [2.24, 2.45) is 0 Å². The lowest BCUT2D eigenvalue weighted by Gasteiger charge is -2.01. The van der Waals surface area contributed by atoms with E-state index in [0.717, 1.165) is 11.4 Å². The van der Waals surface area contributed by atoms with E-state index in [1.54, 1.807) is 6.20 Å². The molecule has 0 spiro atoms. The molecule has 1 aromatic heterocycles. The number of rotatable bonds is 2. The van der Waals surface area contributed by atoms with Gasteiger partial charge in [0.1, 0.15) is 5.82 Å². The number of nitrogens with zero attached hydrogens (tertiary/aromatic N) is 1. The first kappa shape index (κ1) is 7.79. The van der Waals surface area contributed by atoms with Gasteiger partial charge in [0, 0.05) is 7.62 Å². The number of aromatic nitrogens is 1. The van der Waals surface area contributed by atoms with E-state index in [4.69, 9.17) is 0 Å². The molecule has 0 atom stereocenters. The van der Waals surface area contributed by atoms with Crippen LogP contribution in [0.15, 0.2) is 30.6 Å². The normalized spacial score (nSPS) is 10.4. The summed E-state index contributed by atoms with van der Waals surface area (Å²) >= 11 is 0. The first-order valence-corrected chi connectivity index (χ1v) is 3.64. The SMILES string of the molecule is C/C=C/Nc1ncccc1C.[HH]. The van der Waals surface area contributed by atoms with Gasteiger partial charge in [0.15, 0.2) is 0 Å². The summed E-state index contributed by atoms with van der Waals surface area (Å²) in [5.74, 6) is 0.922. The summed E-state index contributed by atoms with van der Waals surface area (Å²) in [6.45, 7) is 3.99. The molecule has 0 aromatic carbocycles. The second kappa shape index (κ2) is 3.76. The Balaban J connectivity index is 0.00000121. The van der Waals surface area contributed by atoms with Gasteiger partial charge in [-0.05, 0) is 31.7 Å². The van der Waals surface area contributed by atoms with E-state index in [9.17, 15) is 0 Å². The predicted molar refractivity (Wildman–Crippen MR) is 49.5 cm³/mol. The molecular formula is C9H14N2. The summed E-state index contributed by atoms with van der Waals surface area (Å²) in [7, 11) is 0. The number of hydrogen-bond acceptors (Lipinski definition) is 2. The summed E-state index contributed by atoms with van der Waals surface area (Å²) in [4.78, 5) is 4.15. The maximum Gasteiger partial charge on any atom is 0.132 e. The van der Waals surface area contributed by atoms with Crippen molar-refractivity contribution in [3.05, 3.63) is 36.2 Å². The first-order valence-electron chi connectivity index (χ1n) is 3.64. The number of pyridine rings is 1. The molecule has 0 aliphatic carbocycles. The summed E-state index contributed by atoms with van der Waals surface area (Å²) in [5, 5.41) is 3.07. The lowest BCUT2D eigenvalue weighted by atomic mass is 10.3. The van der Waals surface area contributed by atoms with Gasteiger partial charge in [-0.25, -0.2) is 4.98 Å². The van der Waals surface area contributed by atoms with E-state index in [0.29, 0.717) is 0 Å². The Morgan fingerprint density at radius 2 is 2.45 bits per heavy atom. The zero-order chi connectivity index (χ0) is 8.10. The highest BCUT2D eigenvalue weighted by Gasteiger charge is 1.92. The summed E-state index contributed by atoms with van der Waals surface area (Å²) in [5.41, 5.74) is 1.16. The number of allylic oxidation sites excluding steroid dienone is 1. The molecule has 0 saturated heterocycles. The predicted octanol–water partition coefficient (Wildman–Crippen LogP) is 2.58. The van der Waals surface area contributed by atoms with Gasteiger partial charge in [0.2, 0.25) is 0 Å². The lowest BCUT2D eigenvalue weighted by molar-refractivity contribution is 1.25. The highest BCUT2D eigenvalue weighted by molar-refractivity contribution is 5.44. The van der Waals surface area contributed by atoms with Crippen LogP contribution in [0.3, 0.4) is 0 Å². The highest BCUT2D eigenvalue weighted by Crippen LogP contribution is 2.08. The van der Waals surface area contributed by atoms with Gasteiger partial charge in [-0.15, -0.1) is 0 Å². The minimum Gasteiger partial charge on any atom is -0.347 e. The van der Waals surface area contributed by atoms with Crippen LogP contribution in [-0.4, -0.2) is 4.98 Å². The first-order chi connectivity index (χ1) is 5.34. The molecule has 60 valence electrons. The molecule has 2 nitrogen and oxygen atoms in total. The fourth-order valence-electron chi connectivity index (χ4n) is 0.799. The van der Waals surface area contributed by atoms with Crippen LogP contribution in [0.2, 0.25) is 0 Å². The van der Waals surface area contributed by atoms with Gasteiger partial charge >= 0.3 is 0 Å². The van der Waals surface area contributed by atoms with Gasteiger partial charge in [-0.1, -0.05) is 12.1 Å². The summed E-state index contributed by atoms with van der Waals surface area (Å²) in [6, 6.07) is 3.95. The number of aryl methyl sites for hydroxylation is 1. The molecule has 1 heterocycles. The molecule has 0 unspecified atom stereocenters. The van der Waals surface area contributed by atoms with Crippen LogP contribution in [0.1, 0.15) is 13.9 Å². The average molecular weight is 150 g/mol. The van der Waals surface area contributed by atoms with E-state index in [1.165, 1.54) is 0 Å². The highest BCUT2D eigenvalue weighted by atomic mass is 15.0. The van der Waals surface area contributed by atoms with E-state index < -0.39 is 0 Å². The van der Waals surface area contributed by atoms with E-state index >= 15 is 0 Å². The summed E-state index contributed by atoms with van der Waals surface area (Å²) in [6.07, 6.45) is 5.59. The van der Waals surface area contributed by atoms with Gasteiger partial charge in [0.25, 0.3) is 0 Å². The van der Waals surface area contributed by atoms with Crippen molar-refractivity contribution >= 4 is 5.82 Å². The van der Waals surface area contributed by atoms with E-state index in [2.05, 4.69) is 10.3 Å². The standard InChI is InChI=1S/C9H12N2.H2/c1-3-6-10-9-8(2)5-4-7-11-9;/h3-7H,1-2H3,(H,10,11);1H/b6-3+;. The quantitative estimate of drug-likeness (QED) is 0.700. The van der Waals surface area contributed by atoms with Crippen molar-refractivity contribution in [1.29, 1.82) is 0 Å². The second-order valence-corrected chi connectivity index (χ2v) is 2.31. The van der Waals surface area contributed by atoms with Crippen LogP contribution in [-0.2, 0) is 0 Å². The Kier molecular flexibility index (Phi) is 2.66. The molecule has 11 heavy (non-hydrogen) atoms. The van der Waals surface area contributed by atoms with E-state index in [1.807, 2.05) is 38.3 Å². The molecular weight excluding hydrogens is 136 g/mol. The number of nitrogens with one attached hydrogen (secondary N) is 1. The molecule has 2 heteroatoms. The zero-order valence-corrected chi connectivity index (χ0v) is 6.83. The van der Waals surface area contributed by atoms with Gasteiger partial charge in [0.05, 0.1) is 0 Å². The number of anilines is 1. The van der Waals surface area contributed by atoms with Crippen molar-refractivity contribution in [2.75, 3.05) is 5.32 Å². The Morgan fingerprint density at radius 1 is 1.64 bits per heavy atom. The molecule has 0 saturated carbocycles. The van der Waals surface area contributed by atoms with Crippen molar-refractivity contribution in [3.8, 4) is 0 Å². The molecule has 0 radical (unpaired) electrons. The van der Waals surface area contributed by atoms with Crippen molar-refractivity contribution < 1.29 is 1.43 Å². The molecule has 0 fully saturated rings. The van der Waals surface area contributed by atoms with Crippen molar-refractivity contribution in [1.82, 2.24) is 4.98 Å². The van der Waals surface area contributed by atoms with Crippen LogP contribution >= 0.6 is 0 Å². The topological polar surface area (TPSA) is 24.9 Å². The fourth-order valence-corrected chi connectivity index (χ4v) is 0.799.